The van der Waals surface area contributed by atoms with E-state index >= 15 is 0 Å². The molecule has 0 atom stereocenters. The van der Waals surface area contributed by atoms with Crippen LogP contribution in [0.3, 0.4) is 0 Å². The van der Waals surface area contributed by atoms with Gasteiger partial charge in [0.2, 0.25) is 15.9 Å². The summed E-state index contributed by atoms with van der Waals surface area (Å²) in [6.45, 7) is 1.38. The molecule has 1 aliphatic rings. The van der Waals surface area contributed by atoms with Crippen molar-refractivity contribution in [1.82, 2.24) is 9.21 Å². The lowest BCUT2D eigenvalue weighted by Crippen LogP contribution is -2.46. The Balaban J connectivity index is 1.43. The number of hydrogen-bond acceptors (Lipinski definition) is 4. The Kier molecular flexibility index (Phi) is 8.78. The number of methoxy groups -OCH3 is 1. The van der Waals surface area contributed by atoms with E-state index in [2.05, 4.69) is 24.3 Å². The van der Waals surface area contributed by atoms with Crippen molar-refractivity contribution in [2.45, 2.75) is 30.6 Å². The molecular weight excluding hydrogens is 472 g/mol. The molecule has 190 valence electrons. The predicted molar refractivity (Wildman–Crippen MR) is 141 cm³/mol. The number of likely N-dealkylation sites (tertiary alicyclic amines) is 1. The number of rotatable bonds is 10. The topological polar surface area (TPSA) is 66.9 Å². The fourth-order valence-electron chi connectivity index (χ4n) is 4.66. The number of sulfonamides is 1. The van der Waals surface area contributed by atoms with Crippen LogP contribution in [0.4, 0.5) is 0 Å². The molecule has 1 heterocycles. The van der Waals surface area contributed by atoms with Gasteiger partial charge in [0.1, 0.15) is 5.75 Å². The third-order valence-corrected chi connectivity index (χ3v) is 8.70. The first-order valence-corrected chi connectivity index (χ1v) is 13.9. The Morgan fingerprint density at radius 1 is 0.889 bits per heavy atom. The zero-order valence-corrected chi connectivity index (χ0v) is 21.6. The van der Waals surface area contributed by atoms with Gasteiger partial charge in [0, 0.05) is 19.6 Å². The average Bonchev–Trinajstić information content (AvgIpc) is 2.92. The fourth-order valence-corrected chi connectivity index (χ4v) is 6.05. The van der Waals surface area contributed by atoms with Gasteiger partial charge in [0.15, 0.2) is 0 Å². The molecule has 1 fully saturated rings. The lowest BCUT2D eigenvalue weighted by atomic mass is 9.90. The number of carbonyl (C=O) groups excluding carboxylic acids is 1. The number of ether oxygens (including phenoxy) is 1. The van der Waals surface area contributed by atoms with Crippen molar-refractivity contribution >= 4 is 15.9 Å². The van der Waals surface area contributed by atoms with Gasteiger partial charge in [0.05, 0.1) is 18.6 Å². The summed E-state index contributed by atoms with van der Waals surface area (Å²) in [6, 6.07) is 26.5. The van der Waals surface area contributed by atoms with Crippen LogP contribution in [0.5, 0.6) is 5.75 Å². The van der Waals surface area contributed by atoms with E-state index in [9.17, 15) is 13.2 Å². The Morgan fingerprint density at radius 3 is 2.06 bits per heavy atom. The first kappa shape index (κ1) is 25.9. The van der Waals surface area contributed by atoms with E-state index in [0.29, 0.717) is 31.2 Å². The van der Waals surface area contributed by atoms with Gasteiger partial charge in [-0.05, 0) is 67.0 Å². The number of carbonyl (C=O) groups is 1. The van der Waals surface area contributed by atoms with Crippen molar-refractivity contribution in [2.75, 3.05) is 33.3 Å². The number of hydrogen-bond donors (Lipinski definition) is 0. The van der Waals surface area contributed by atoms with Crippen LogP contribution >= 0.6 is 0 Å². The summed E-state index contributed by atoms with van der Waals surface area (Å²) >= 11 is 0. The number of nitrogens with zero attached hydrogens (tertiary/aromatic N) is 2. The molecule has 1 aliphatic heterocycles. The number of amides is 1. The Bertz CT molecular complexity index is 1210. The molecule has 0 spiro atoms. The van der Waals surface area contributed by atoms with Crippen LogP contribution < -0.4 is 4.74 Å². The molecule has 6 nitrogen and oxygen atoms in total. The summed E-state index contributed by atoms with van der Waals surface area (Å²) in [7, 11) is -2.31. The molecule has 7 heteroatoms. The molecule has 3 aromatic carbocycles. The Hall–Kier alpha value is -3.16. The molecule has 0 aliphatic carbocycles. The summed E-state index contributed by atoms with van der Waals surface area (Å²) in [5.74, 6) is 0.978. The summed E-state index contributed by atoms with van der Waals surface area (Å²) in [4.78, 5) is 15.2. The molecule has 0 aromatic heterocycles. The van der Waals surface area contributed by atoms with E-state index in [1.807, 2.05) is 41.3 Å². The highest BCUT2D eigenvalue weighted by Crippen LogP contribution is 2.23. The minimum Gasteiger partial charge on any atom is -0.497 e. The predicted octanol–water partition coefficient (Wildman–Crippen LogP) is 4.41. The summed E-state index contributed by atoms with van der Waals surface area (Å²) < 4.78 is 33.6. The molecule has 36 heavy (non-hydrogen) atoms. The summed E-state index contributed by atoms with van der Waals surface area (Å²) in [5, 5.41) is 0. The van der Waals surface area contributed by atoms with E-state index in [0.717, 1.165) is 24.8 Å². The molecule has 3 aromatic rings. The first-order valence-electron chi connectivity index (χ1n) is 12.5. The molecular formula is C29H34N2O4S. The minimum absolute atomic E-state index is 0.140. The van der Waals surface area contributed by atoms with Gasteiger partial charge in [-0.15, -0.1) is 0 Å². The molecule has 4 rings (SSSR count). The zero-order chi connectivity index (χ0) is 25.4. The molecule has 0 radical (unpaired) electrons. The summed E-state index contributed by atoms with van der Waals surface area (Å²) in [5.41, 5.74) is 2.35. The molecule has 0 unspecified atom stereocenters. The van der Waals surface area contributed by atoms with Crippen LogP contribution in [-0.4, -0.2) is 56.8 Å². The molecule has 0 N–H and O–H groups in total. The maximum Gasteiger partial charge on any atom is 0.243 e. The van der Waals surface area contributed by atoms with E-state index in [4.69, 9.17) is 4.74 Å². The van der Waals surface area contributed by atoms with Gasteiger partial charge in [-0.2, -0.15) is 4.31 Å². The van der Waals surface area contributed by atoms with Crippen LogP contribution in [0.1, 0.15) is 24.0 Å². The second kappa shape index (κ2) is 12.2. The van der Waals surface area contributed by atoms with E-state index in [-0.39, 0.29) is 23.9 Å². The SMILES string of the molecule is COc1ccc(S(=O)(=O)N(CCc2ccccc2)CC(=O)N2CCC(Cc3ccccc3)CC2)cc1. The van der Waals surface area contributed by atoms with Gasteiger partial charge in [-0.25, -0.2) is 8.42 Å². The van der Waals surface area contributed by atoms with Crippen molar-refractivity contribution in [3.8, 4) is 5.75 Å². The highest BCUT2D eigenvalue weighted by Gasteiger charge is 2.30. The zero-order valence-electron chi connectivity index (χ0n) is 20.8. The van der Waals surface area contributed by atoms with Crippen LogP contribution in [0.15, 0.2) is 89.8 Å². The van der Waals surface area contributed by atoms with E-state index in [1.54, 1.807) is 12.1 Å². The number of benzene rings is 3. The Morgan fingerprint density at radius 2 is 1.47 bits per heavy atom. The lowest BCUT2D eigenvalue weighted by molar-refractivity contribution is -0.132. The largest absolute Gasteiger partial charge is 0.497 e. The quantitative estimate of drug-likeness (QED) is 0.409. The second-order valence-corrected chi connectivity index (χ2v) is 11.2. The highest BCUT2D eigenvalue weighted by atomic mass is 32.2. The maximum atomic E-state index is 13.5. The Labute approximate surface area is 214 Å². The highest BCUT2D eigenvalue weighted by molar-refractivity contribution is 7.89. The molecule has 0 bridgehead atoms. The average molecular weight is 507 g/mol. The molecule has 1 saturated heterocycles. The van der Waals surface area contributed by atoms with Crippen molar-refractivity contribution in [2.24, 2.45) is 5.92 Å². The van der Waals surface area contributed by atoms with Gasteiger partial charge >= 0.3 is 0 Å². The van der Waals surface area contributed by atoms with Crippen LogP contribution in [0, 0.1) is 5.92 Å². The fraction of sp³-hybridized carbons (Fsp3) is 0.345. The van der Waals surface area contributed by atoms with Gasteiger partial charge in [0.25, 0.3) is 0 Å². The van der Waals surface area contributed by atoms with Crippen molar-refractivity contribution in [1.29, 1.82) is 0 Å². The van der Waals surface area contributed by atoms with Gasteiger partial charge in [-0.3, -0.25) is 4.79 Å². The minimum atomic E-state index is -3.85. The van der Waals surface area contributed by atoms with Crippen LogP contribution in [-0.2, 0) is 27.7 Å². The second-order valence-electron chi connectivity index (χ2n) is 9.26. The molecule has 0 saturated carbocycles. The number of piperidine rings is 1. The maximum absolute atomic E-state index is 13.5. The van der Waals surface area contributed by atoms with Gasteiger partial charge in [-0.1, -0.05) is 60.7 Å². The van der Waals surface area contributed by atoms with Crippen molar-refractivity contribution in [3.05, 3.63) is 96.1 Å². The third-order valence-electron chi connectivity index (χ3n) is 6.84. The van der Waals surface area contributed by atoms with Crippen LogP contribution in [0.2, 0.25) is 0 Å². The smallest absolute Gasteiger partial charge is 0.243 e. The summed E-state index contributed by atoms with van der Waals surface area (Å²) in [6.07, 6.45) is 3.40. The van der Waals surface area contributed by atoms with Crippen molar-refractivity contribution < 1.29 is 17.9 Å². The third kappa shape index (κ3) is 6.74. The van der Waals surface area contributed by atoms with Crippen LogP contribution in [0.25, 0.3) is 0 Å². The normalized spacial score (nSPS) is 14.7. The van der Waals surface area contributed by atoms with Gasteiger partial charge < -0.3 is 9.64 Å². The molecule has 1 amide bonds. The van der Waals surface area contributed by atoms with E-state index in [1.165, 1.54) is 29.1 Å². The first-order chi connectivity index (χ1) is 17.5. The standard InChI is InChI=1S/C29H34N2O4S/c1-35-27-12-14-28(15-13-27)36(33,34)31(21-18-24-8-4-2-5-9-24)23-29(32)30-19-16-26(17-20-30)22-25-10-6-3-7-11-25/h2-15,26H,16-23H2,1H3. The van der Waals surface area contributed by atoms with E-state index < -0.39 is 10.0 Å². The lowest BCUT2D eigenvalue weighted by Gasteiger charge is -2.33. The van der Waals surface area contributed by atoms with Crippen molar-refractivity contribution in [3.63, 3.8) is 0 Å². The monoisotopic (exact) mass is 506 g/mol.